The molecule has 2 nitrogen and oxygen atoms in total. The van der Waals surface area contributed by atoms with Crippen LogP contribution in [0.25, 0.3) is 0 Å². The summed E-state index contributed by atoms with van der Waals surface area (Å²) in [6.45, 7) is 1.08. The second-order valence-electron chi connectivity index (χ2n) is 5.00. The fourth-order valence-electron chi connectivity index (χ4n) is 2.74. The van der Waals surface area contributed by atoms with Gasteiger partial charge in [0.25, 0.3) is 0 Å². The normalized spacial score (nSPS) is 26.2. The van der Waals surface area contributed by atoms with Gasteiger partial charge in [0.15, 0.2) is 5.78 Å². The van der Waals surface area contributed by atoms with Gasteiger partial charge in [-0.3, -0.25) is 9.69 Å². The second-order valence-corrected chi connectivity index (χ2v) is 5.91. The summed E-state index contributed by atoms with van der Waals surface area (Å²) in [6.07, 6.45) is 4.29. The van der Waals surface area contributed by atoms with E-state index in [9.17, 15) is 4.79 Å². The zero-order valence-electron chi connectivity index (χ0n) is 9.73. The zero-order chi connectivity index (χ0) is 11.8. The Morgan fingerprint density at radius 1 is 1.29 bits per heavy atom. The summed E-state index contributed by atoms with van der Waals surface area (Å²) in [5.41, 5.74) is 1.15. The minimum absolute atomic E-state index is 0.00810. The van der Waals surface area contributed by atoms with E-state index in [0.717, 1.165) is 29.4 Å². The van der Waals surface area contributed by atoms with Crippen LogP contribution in [0, 0.1) is 0 Å². The third-order valence-corrected chi connectivity index (χ3v) is 4.15. The average molecular weight is 294 g/mol. The summed E-state index contributed by atoms with van der Waals surface area (Å²) < 4.78 is 1.06. The molecule has 1 saturated carbocycles. The number of halogens is 1. The van der Waals surface area contributed by atoms with Gasteiger partial charge in [-0.25, -0.2) is 0 Å². The minimum atomic E-state index is 0.00810. The van der Waals surface area contributed by atoms with Crippen molar-refractivity contribution in [2.24, 2.45) is 0 Å². The maximum Gasteiger partial charge on any atom is 0.154 e. The van der Waals surface area contributed by atoms with E-state index < -0.39 is 0 Å². The van der Waals surface area contributed by atoms with Crippen molar-refractivity contribution in [1.29, 1.82) is 0 Å². The predicted molar refractivity (Wildman–Crippen MR) is 70.9 cm³/mol. The van der Waals surface area contributed by atoms with Crippen LogP contribution < -0.4 is 0 Å². The SMILES string of the molecule is O=C1CCCN(C2CC2)C1c1cccc(Br)c1. The molecule has 1 aromatic rings. The lowest BCUT2D eigenvalue weighted by molar-refractivity contribution is -0.127. The third-order valence-electron chi connectivity index (χ3n) is 3.66. The van der Waals surface area contributed by atoms with Gasteiger partial charge in [-0.1, -0.05) is 28.1 Å². The summed E-state index contributed by atoms with van der Waals surface area (Å²) >= 11 is 3.49. The number of nitrogens with zero attached hydrogens (tertiary/aromatic N) is 1. The molecule has 0 bridgehead atoms. The number of carbonyl (C=O) groups is 1. The number of likely N-dealkylation sites (tertiary alicyclic amines) is 1. The number of Topliss-reactive ketones (excluding diaryl/α,β-unsaturated/α-hetero) is 1. The summed E-state index contributed by atoms with van der Waals surface area (Å²) in [5, 5.41) is 0. The number of ketones is 1. The monoisotopic (exact) mass is 293 g/mol. The second kappa shape index (κ2) is 4.54. The Kier molecular flexibility index (Phi) is 3.05. The van der Waals surface area contributed by atoms with Crippen molar-refractivity contribution >= 4 is 21.7 Å². The molecule has 1 heterocycles. The summed E-state index contributed by atoms with van der Waals surface area (Å²) in [5.74, 6) is 0.390. The van der Waals surface area contributed by atoms with Crippen molar-refractivity contribution in [1.82, 2.24) is 4.90 Å². The maximum absolute atomic E-state index is 12.2. The highest BCUT2D eigenvalue weighted by molar-refractivity contribution is 9.10. The van der Waals surface area contributed by atoms with Crippen LogP contribution >= 0.6 is 15.9 Å². The van der Waals surface area contributed by atoms with Crippen molar-refractivity contribution in [3.8, 4) is 0 Å². The van der Waals surface area contributed by atoms with Gasteiger partial charge in [0.2, 0.25) is 0 Å². The van der Waals surface area contributed by atoms with Crippen LogP contribution in [-0.4, -0.2) is 23.3 Å². The van der Waals surface area contributed by atoms with Gasteiger partial charge in [0.1, 0.15) is 0 Å². The zero-order valence-corrected chi connectivity index (χ0v) is 11.3. The molecular formula is C14H16BrNO. The lowest BCUT2D eigenvalue weighted by Crippen LogP contribution is -2.40. The van der Waals surface area contributed by atoms with Crippen molar-refractivity contribution in [3.05, 3.63) is 34.3 Å². The Balaban J connectivity index is 1.93. The topological polar surface area (TPSA) is 20.3 Å². The first-order valence-corrected chi connectivity index (χ1v) is 7.09. The van der Waals surface area contributed by atoms with E-state index in [2.05, 4.69) is 33.0 Å². The molecule has 1 aliphatic carbocycles. The molecule has 1 aromatic carbocycles. The van der Waals surface area contributed by atoms with E-state index in [1.54, 1.807) is 0 Å². The Morgan fingerprint density at radius 3 is 2.82 bits per heavy atom. The van der Waals surface area contributed by atoms with Crippen LogP contribution in [0.3, 0.4) is 0 Å². The predicted octanol–water partition coefficient (Wildman–Crippen LogP) is 3.32. The first-order chi connectivity index (χ1) is 8.25. The van der Waals surface area contributed by atoms with Crippen LogP contribution in [0.2, 0.25) is 0 Å². The molecule has 3 heteroatoms. The highest BCUT2D eigenvalue weighted by atomic mass is 79.9. The Bertz CT molecular complexity index is 442. The summed E-state index contributed by atoms with van der Waals surface area (Å²) in [4.78, 5) is 14.6. The standard InChI is InChI=1S/C14H16BrNO/c15-11-4-1-3-10(9-11)14-13(17)5-2-8-16(14)12-6-7-12/h1,3-4,9,12,14H,2,5-8H2. The first-order valence-electron chi connectivity index (χ1n) is 6.29. The fourth-order valence-corrected chi connectivity index (χ4v) is 3.16. The fraction of sp³-hybridized carbons (Fsp3) is 0.500. The number of piperidine rings is 1. The molecule has 2 aliphatic rings. The highest BCUT2D eigenvalue weighted by Crippen LogP contribution is 2.38. The molecule has 0 amide bonds. The highest BCUT2D eigenvalue weighted by Gasteiger charge is 2.39. The molecule has 1 aliphatic heterocycles. The van der Waals surface area contributed by atoms with Crippen LogP contribution in [-0.2, 0) is 4.79 Å². The summed E-state index contributed by atoms with van der Waals surface area (Å²) in [7, 11) is 0. The number of rotatable bonds is 2. The lowest BCUT2D eigenvalue weighted by Gasteiger charge is -2.35. The minimum Gasteiger partial charge on any atom is -0.298 e. The van der Waals surface area contributed by atoms with Crippen molar-refractivity contribution < 1.29 is 4.79 Å². The molecule has 0 aromatic heterocycles. The van der Waals surface area contributed by atoms with Crippen molar-refractivity contribution in [2.75, 3.05) is 6.54 Å². The van der Waals surface area contributed by atoms with Crippen molar-refractivity contribution in [2.45, 2.75) is 37.8 Å². The van der Waals surface area contributed by atoms with Crippen LogP contribution in [0.1, 0.15) is 37.3 Å². The Morgan fingerprint density at radius 2 is 2.12 bits per heavy atom. The molecule has 1 unspecified atom stereocenters. The Hall–Kier alpha value is -0.670. The van der Waals surface area contributed by atoms with E-state index in [1.807, 2.05) is 12.1 Å². The number of carbonyl (C=O) groups excluding carboxylic acids is 1. The average Bonchev–Trinajstić information content (AvgIpc) is 3.12. The van der Waals surface area contributed by atoms with E-state index in [4.69, 9.17) is 0 Å². The van der Waals surface area contributed by atoms with E-state index >= 15 is 0 Å². The molecule has 0 radical (unpaired) electrons. The molecule has 90 valence electrons. The lowest BCUT2D eigenvalue weighted by atomic mass is 9.94. The van der Waals surface area contributed by atoms with Gasteiger partial charge < -0.3 is 0 Å². The van der Waals surface area contributed by atoms with Gasteiger partial charge in [0.05, 0.1) is 6.04 Å². The molecule has 0 N–H and O–H groups in total. The van der Waals surface area contributed by atoms with Crippen LogP contribution in [0.4, 0.5) is 0 Å². The quantitative estimate of drug-likeness (QED) is 0.834. The number of hydrogen-bond acceptors (Lipinski definition) is 2. The number of benzene rings is 1. The molecule has 3 rings (SSSR count). The van der Waals surface area contributed by atoms with Gasteiger partial charge in [-0.15, -0.1) is 0 Å². The molecule has 2 fully saturated rings. The smallest absolute Gasteiger partial charge is 0.154 e. The Labute approximate surface area is 110 Å². The summed E-state index contributed by atoms with van der Waals surface area (Å²) in [6, 6.07) is 8.86. The van der Waals surface area contributed by atoms with E-state index in [-0.39, 0.29) is 6.04 Å². The molecule has 0 spiro atoms. The van der Waals surface area contributed by atoms with Gasteiger partial charge in [-0.2, -0.15) is 0 Å². The largest absolute Gasteiger partial charge is 0.298 e. The van der Waals surface area contributed by atoms with Gasteiger partial charge >= 0.3 is 0 Å². The maximum atomic E-state index is 12.2. The first kappa shape index (κ1) is 11.4. The molecule has 17 heavy (non-hydrogen) atoms. The van der Waals surface area contributed by atoms with E-state index in [0.29, 0.717) is 11.8 Å². The van der Waals surface area contributed by atoms with Gasteiger partial charge in [-0.05, 0) is 43.5 Å². The van der Waals surface area contributed by atoms with Crippen LogP contribution in [0.15, 0.2) is 28.7 Å². The third kappa shape index (κ3) is 2.31. The van der Waals surface area contributed by atoms with E-state index in [1.165, 1.54) is 12.8 Å². The molecule has 1 saturated heterocycles. The molecular weight excluding hydrogens is 278 g/mol. The van der Waals surface area contributed by atoms with Crippen molar-refractivity contribution in [3.63, 3.8) is 0 Å². The molecule has 1 atom stereocenters. The van der Waals surface area contributed by atoms with Gasteiger partial charge in [0, 0.05) is 16.9 Å². The van der Waals surface area contributed by atoms with Crippen LogP contribution in [0.5, 0.6) is 0 Å². The number of hydrogen-bond donors (Lipinski definition) is 0.